The van der Waals surface area contributed by atoms with Gasteiger partial charge in [0.2, 0.25) is 0 Å². The summed E-state index contributed by atoms with van der Waals surface area (Å²) in [5.74, 6) is 1.05. The van der Waals surface area contributed by atoms with Crippen molar-refractivity contribution in [1.82, 2.24) is 19.9 Å². The van der Waals surface area contributed by atoms with Crippen LogP contribution in [0.5, 0.6) is 5.75 Å². The fourth-order valence-corrected chi connectivity index (χ4v) is 4.86. The molecule has 2 aromatic heterocycles. The van der Waals surface area contributed by atoms with Crippen LogP contribution in [0.15, 0.2) is 48.8 Å². The maximum atomic E-state index is 14.6. The van der Waals surface area contributed by atoms with E-state index in [0.29, 0.717) is 30.2 Å². The van der Waals surface area contributed by atoms with Crippen molar-refractivity contribution in [2.45, 2.75) is 39.3 Å². The van der Waals surface area contributed by atoms with Gasteiger partial charge in [-0.15, -0.1) is 0 Å². The molecule has 0 saturated carbocycles. The van der Waals surface area contributed by atoms with Crippen LogP contribution in [0.25, 0.3) is 22.2 Å². The number of rotatable bonds is 8. The van der Waals surface area contributed by atoms with E-state index in [0.717, 1.165) is 46.3 Å². The number of methoxy groups -OCH3 is 1. The highest BCUT2D eigenvalue weighted by atomic mass is 19.1. The van der Waals surface area contributed by atoms with E-state index in [-0.39, 0.29) is 17.8 Å². The molecule has 180 valence electrons. The van der Waals surface area contributed by atoms with Gasteiger partial charge in [-0.25, -0.2) is 14.4 Å². The Morgan fingerprint density at radius 1 is 1.17 bits per heavy atom. The van der Waals surface area contributed by atoms with E-state index in [1.54, 1.807) is 13.2 Å². The molecule has 7 nitrogen and oxygen atoms in total. The van der Waals surface area contributed by atoms with Gasteiger partial charge in [0, 0.05) is 41.4 Å². The molecule has 0 aliphatic carbocycles. The zero-order valence-electron chi connectivity index (χ0n) is 20.1. The zero-order chi connectivity index (χ0) is 24.5. The molecule has 5 rings (SSSR count). The molecule has 2 N–H and O–H groups in total. The van der Waals surface area contributed by atoms with Crippen molar-refractivity contribution in [2.24, 2.45) is 0 Å². The van der Waals surface area contributed by atoms with Gasteiger partial charge in [-0.1, -0.05) is 19.4 Å². The number of aromatic nitrogens is 3. The number of fused-ring (bicyclic) bond motifs is 2. The average Bonchev–Trinajstić information content (AvgIpc) is 3.36. The highest BCUT2D eigenvalue weighted by Gasteiger charge is 2.28. The third-order valence-corrected chi connectivity index (χ3v) is 6.56. The van der Waals surface area contributed by atoms with Crippen molar-refractivity contribution in [3.63, 3.8) is 0 Å². The predicted molar refractivity (Wildman–Crippen MR) is 134 cm³/mol. The van der Waals surface area contributed by atoms with Crippen molar-refractivity contribution in [3.8, 4) is 17.0 Å². The predicted octanol–water partition coefficient (Wildman–Crippen LogP) is 5.25. The van der Waals surface area contributed by atoms with Gasteiger partial charge in [-0.3, -0.25) is 4.79 Å². The van der Waals surface area contributed by atoms with Crippen LogP contribution in [0.1, 0.15) is 47.4 Å². The molecule has 8 heteroatoms. The fourth-order valence-electron chi connectivity index (χ4n) is 4.86. The number of ether oxygens (including phenoxy) is 1. The first-order chi connectivity index (χ1) is 17.0. The van der Waals surface area contributed by atoms with Gasteiger partial charge >= 0.3 is 0 Å². The molecule has 0 radical (unpaired) electrons. The highest BCUT2D eigenvalue weighted by Crippen LogP contribution is 2.33. The van der Waals surface area contributed by atoms with Crippen molar-refractivity contribution in [1.29, 1.82) is 0 Å². The van der Waals surface area contributed by atoms with Crippen LogP contribution >= 0.6 is 0 Å². The normalized spacial score (nSPS) is 14.7. The zero-order valence-corrected chi connectivity index (χ0v) is 20.1. The number of anilines is 1. The summed E-state index contributed by atoms with van der Waals surface area (Å²) in [6, 6.07) is 12.8. The van der Waals surface area contributed by atoms with E-state index in [9.17, 15) is 9.18 Å². The minimum absolute atomic E-state index is 0.0167. The minimum atomic E-state index is -0.274. The second-order valence-corrected chi connectivity index (χ2v) is 8.78. The first kappa shape index (κ1) is 22.8. The number of carbonyl (C=O) groups excluding carboxylic acids is 1. The maximum Gasteiger partial charge on any atom is 0.252 e. The monoisotopic (exact) mass is 473 g/mol. The first-order valence-corrected chi connectivity index (χ1v) is 11.8. The Kier molecular flexibility index (Phi) is 6.11. The quantitative estimate of drug-likeness (QED) is 0.365. The van der Waals surface area contributed by atoms with Crippen LogP contribution in [0.2, 0.25) is 0 Å². The van der Waals surface area contributed by atoms with Crippen LogP contribution in [0.3, 0.4) is 0 Å². The molecule has 4 aromatic rings. The summed E-state index contributed by atoms with van der Waals surface area (Å²) >= 11 is 0. The average molecular weight is 474 g/mol. The van der Waals surface area contributed by atoms with Crippen LogP contribution in [0.4, 0.5) is 10.2 Å². The first-order valence-electron chi connectivity index (χ1n) is 11.8. The van der Waals surface area contributed by atoms with E-state index >= 15 is 0 Å². The van der Waals surface area contributed by atoms with E-state index in [4.69, 9.17) is 4.74 Å². The molecular formula is C27H28FN5O2. The summed E-state index contributed by atoms with van der Waals surface area (Å²) in [4.78, 5) is 21.0. The Balaban J connectivity index is 1.34. The lowest BCUT2D eigenvalue weighted by molar-refractivity contribution is 0.0955. The second-order valence-electron chi connectivity index (χ2n) is 8.78. The van der Waals surface area contributed by atoms with Crippen LogP contribution in [0, 0.1) is 12.7 Å². The summed E-state index contributed by atoms with van der Waals surface area (Å²) in [5, 5.41) is 7.15. The molecule has 0 bridgehead atoms. The van der Waals surface area contributed by atoms with Crippen molar-refractivity contribution in [3.05, 3.63) is 71.4 Å². The molecule has 1 aliphatic heterocycles. The molecule has 1 unspecified atom stereocenters. The SMILES string of the molecule is CCCC1NC(=O)c2ccc(-c3cc(NCCn4c(C)cc5c(OC)ccc(F)c54)ncn3)cc21. The summed E-state index contributed by atoms with van der Waals surface area (Å²) in [6.45, 7) is 5.18. The summed E-state index contributed by atoms with van der Waals surface area (Å²) < 4.78 is 22.0. The Morgan fingerprint density at radius 2 is 2.03 bits per heavy atom. The van der Waals surface area contributed by atoms with E-state index < -0.39 is 0 Å². The topological polar surface area (TPSA) is 81.1 Å². The van der Waals surface area contributed by atoms with Gasteiger partial charge in [-0.05, 0) is 49.2 Å². The number of halogens is 1. The summed E-state index contributed by atoms with van der Waals surface area (Å²) in [7, 11) is 1.59. The molecule has 35 heavy (non-hydrogen) atoms. The van der Waals surface area contributed by atoms with Crippen LogP contribution in [-0.4, -0.2) is 34.1 Å². The Labute approximate surface area is 203 Å². The Bertz CT molecular complexity index is 1410. The number of carbonyl (C=O) groups is 1. The molecular weight excluding hydrogens is 445 g/mol. The molecule has 2 aromatic carbocycles. The lowest BCUT2D eigenvalue weighted by Gasteiger charge is -2.12. The Hall–Kier alpha value is -3.94. The van der Waals surface area contributed by atoms with Gasteiger partial charge in [0.15, 0.2) is 0 Å². The van der Waals surface area contributed by atoms with Gasteiger partial charge in [0.05, 0.1) is 24.4 Å². The number of hydrogen-bond acceptors (Lipinski definition) is 5. The minimum Gasteiger partial charge on any atom is -0.496 e. The molecule has 1 aliphatic rings. The number of nitrogens with zero attached hydrogens (tertiary/aromatic N) is 3. The lowest BCUT2D eigenvalue weighted by atomic mass is 9.97. The number of nitrogens with one attached hydrogen (secondary N) is 2. The third kappa shape index (κ3) is 4.20. The number of hydrogen-bond donors (Lipinski definition) is 2. The van der Waals surface area contributed by atoms with E-state index in [2.05, 4.69) is 27.5 Å². The summed E-state index contributed by atoms with van der Waals surface area (Å²) in [5.41, 5.74) is 4.96. The molecule has 0 spiro atoms. The largest absolute Gasteiger partial charge is 0.496 e. The van der Waals surface area contributed by atoms with E-state index in [1.165, 1.54) is 12.4 Å². The van der Waals surface area contributed by atoms with Crippen molar-refractivity contribution in [2.75, 3.05) is 19.0 Å². The molecule has 0 saturated heterocycles. The molecule has 1 atom stereocenters. The van der Waals surface area contributed by atoms with Gasteiger partial charge in [-0.2, -0.15) is 0 Å². The smallest absolute Gasteiger partial charge is 0.252 e. The third-order valence-electron chi connectivity index (χ3n) is 6.56. The summed E-state index contributed by atoms with van der Waals surface area (Å²) in [6.07, 6.45) is 3.42. The molecule has 1 amide bonds. The van der Waals surface area contributed by atoms with Crippen molar-refractivity contribution >= 4 is 22.6 Å². The number of aryl methyl sites for hydroxylation is 1. The lowest BCUT2D eigenvalue weighted by Crippen LogP contribution is -2.18. The van der Waals surface area contributed by atoms with Crippen LogP contribution < -0.4 is 15.4 Å². The maximum absolute atomic E-state index is 14.6. The number of benzene rings is 2. The van der Waals surface area contributed by atoms with E-state index in [1.807, 2.05) is 41.8 Å². The molecule has 0 fully saturated rings. The highest BCUT2D eigenvalue weighted by molar-refractivity contribution is 5.99. The van der Waals surface area contributed by atoms with Gasteiger partial charge in [0.25, 0.3) is 5.91 Å². The fraction of sp³-hybridized carbons (Fsp3) is 0.296. The second kappa shape index (κ2) is 9.37. The van der Waals surface area contributed by atoms with Gasteiger partial charge in [0.1, 0.15) is 23.7 Å². The standard InChI is InChI=1S/C27H28FN5O2/c1-4-5-22-19-13-17(6-7-18(19)27(34)32-22)23-14-25(31-15-30-23)29-10-11-33-16(2)12-20-24(35-3)9-8-21(28)26(20)33/h6-9,12-15,22H,4-5,10-11H2,1-3H3,(H,32,34)(H,29,30,31). The molecule has 3 heterocycles. The number of amides is 1. The van der Waals surface area contributed by atoms with Crippen molar-refractivity contribution < 1.29 is 13.9 Å². The van der Waals surface area contributed by atoms with Gasteiger partial charge < -0.3 is 19.9 Å². The van der Waals surface area contributed by atoms with Crippen LogP contribution in [-0.2, 0) is 6.54 Å². The Morgan fingerprint density at radius 3 is 2.83 bits per heavy atom.